The summed E-state index contributed by atoms with van der Waals surface area (Å²) in [6.07, 6.45) is 2.56. The lowest BCUT2D eigenvalue weighted by Gasteiger charge is -2.11. The number of unbranched alkanes of at least 4 members (excludes halogenated alkanes) is 1. The van der Waals surface area contributed by atoms with E-state index in [9.17, 15) is 4.79 Å². The molecule has 8 heteroatoms. The minimum absolute atomic E-state index is 0.222. The lowest BCUT2D eigenvalue weighted by Crippen LogP contribution is -2.25. The summed E-state index contributed by atoms with van der Waals surface area (Å²) in [4.78, 5) is 22.6. The highest BCUT2D eigenvalue weighted by atomic mass is 16.5. The second-order valence-corrected chi connectivity index (χ2v) is 7.85. The Morgan fingerprint density at radius 1 is 1.06 bits per heavy atom. The van der Waals surface area contributed by atoms with Gasteiger partial charge in [0.1, 0.15) is 16.9 Å². The molecular weight excluding hydrogens is 418 g/mol. The van der Waals surface area contributed by atoms with Crippen LogP contribution in [0.25, 0.3) is 22.2 Å². The Labute approximate surface area is 192 Å². The number of carbonyl (C=O) groups is 1. The van der Waals surface area contributed by atoms with Gasteiger partial charge in [-0.3, -0.25) is 4.79 Å². The van der Waals surface area contributed by atoms with Gasteiger partial charge in [-0.05, 0) is 42.7 Å². The molecule has 2 heterocycles. The van der Waals surface area contributed by atoms with Crippen molar-refractivity contribution in [2.24, 2.45) is 0 Å². The molecule has 0 unspecified atom stereocenters. The number of aromatic nitrogens is 3. The van der Waals surface area contributed by atoms with Crippen LogP contribution < -0.4 is 20.5 Å². The Hall–Kier alpha value is -3.81. The van der Waals surface area contributed by atoms with E-state index in [4.69, 9.17) is 25.2 Å². The third-order valence-electron chi connectivity index (χ3n) is 5.71. The molecule has 1 amide bonds. The molecule has 4 aromatic rings. The van der Waals surface area contributed by atoms with Crippen molar-refractivity contribution in [2.75, 3.05) is 26.5 Å². The minimum Gasteiger partial charge on any atom is -0.493 e. The first-order chi connectivity index (χ1) is 16.1. The number of ether oxygens (including phenoxy) is 2. The van der Waals surface area contributed by atoms with E-state index in [-0.39, 0.29) is 5.91 Å². The van der Waals surface area contributed by atoms with Crippen LogP contribution in [0.4, 0.5) is 5.82 Å². The maximum Gasteiger partial charge on any atom is 0.257 e. The Kier molecular flexibility index (Phi) is 6.63. The van der Waals surface area contributed by atoms with Crippen LogP contribution in [0.2, 0.25) is 0 Å². The number of anilines is 1. The van der Waals surface area contributed by atoms with Gasteiger partial charge in [0.15, 0.2) is 17.1 Å². The van der Waals surface area contributed by atoms with Gasteiger partial charge in [-0.15, -0.1) is 0 Å². The Bertz CT molecular complexity index is 1300. The molecule has 33 heavy (non-hydrogen) atoms. The first kappa shape index (κ1) is 22.4. The first-order valence-electron chi connectivity index (χ1n) is 11.1. The van der Waals surface area contributed by atoms with Crippen molar-refractivity contribution in [3.8, 4) is 11.5 Å². The number of hydrogen-bond donors (Lipinski definition) is 2. The number of amides is 1. The second kappa shape index (κ2) is 9.77. The van der Waals surface area contributed by atoms with Crippen molar-refractivity contribution in [2.45, 2.75) is 32.7 Å². The fourth-order valence-electron chi connectivity index (χ4n) is 3.91. The first-order valence-corrected chi connectivity index (χ1v) is 11.1. The van der Waals surface area contributed by atoms with Gasteiger partial charge in [-0.1, -0.05) is 31.5 Å². The summed E-state index contributed by atoms with van der Waals surface area (Å²) in [7, 11) is 3.23. The standard InChI is InChI=1S/C25H29N5O3/c1-4-5-13-27-25(31)21-22-24(29-18-9-7-6-8-17(18)28-22)30(23(21)26)14-12-16-10-11-19(32-2)20(15-16)33-3/h6-11,15H,4-5,12-14,26H2,1-3H3,(H,27,31). The third kappa shape index (κ3) is 4.41. The molecule has 8 nitrogen and oxygen atoms in total. The predicted molar refractivity (Wildman–Crippen MR) is 130 cm³/mol. The molecule has 0 fully saturated rings. The van der Waals surface area contributed by atoms with Crippen LogP contribution in [0.15, 0.2) is 42.5 Å². The van der Waals surface area contributed by atoms with Crippen molar-refractivity contribution in [1.29, 1.82) is 0 Å². The molecule has 0 aliphatic rings. The van der Waals surface area contributed by atoms with E-state index >= 15 is 0 Å². The topological polar surface area (TPSA) is 104 Å². The van der Waals surface area contributed by atoms with Crippen molar-refractivity contribution in [3.63, 3.8) is 0 Å². The Morgan fingerprint density at radius 3 is 2.48 bits per heavy atom. The van der Waals surface area contributed by atoms with Crippen LogP contribution in [0.3, 0.4) is 0 Å². The second-order valence-electron chi connectivity index (χ2n) is 7.85. The Morgan fingerprint density at radius 2 is 1.79 bits per heavy atom. The van der Waals surface area contributed by atoms with Gasteiger partial charge in [0.2, 0.25) is 0 Å². The summed E-state index contributed by atoms with van der Waals surface area (Å²) in [6.45, 7) is 3.21. The molecule has 4 rings (SSSR count). The highest BCUT2D eigenvalue weighted by Gasteiger charge is 2.23. The fraction of sp³-hybridized carbons (Fsp3) is 0.320. The summed E-state index contributed by atoms with van der Waals surface area (Å²) in [5, 5.41) is 2.97. The number of para-hydroxylation sites is 2. The number of nitrogens with zero attached hydrogens (tertiary/aromatic N) is 3. The molecule has 0 bridgehead atoms. The summed E-state index contributed by atoms with van der Waals surface area (Å²) < 4.78 is 12.6. The van der Waals surface area contributed by atoms with E-state index in [1.165, 1.54) is 0 Å². The average molecular weight is 448 g/mol. The monoisotopic (exact) mass is 447 g/mol. The lowest BCUT2D eigenvalue weighted by molar-refractivity contribution is 0.0955. The molecule has 0 saturated heterocycles. The molecule has 3 N–H and O–H groups in total. The van der Waals surface area contributed by atoms with Crippen LogP contribution >= 0.6 is 0 Å². The quantitative estimate of drug-likeness (QED) is 0.377. The number of benzene rings is 2. The molecule has 0 atom stereocenters. The lowest BCUT2D eigenvalue weighted by atomic mass is 10.1. The summed E-state index contributed by atoms with van der Waals surface area (Å²) in [5.74, 6) is 1.49. The van der Waals surface area contributed by atoms with Crippen molar-refractivity contribution in [1.82, 2.24) is 19.9 Å². The summed E-state index contributed by atoms with van der Waals surface area (Å²) in [5.41, 5.74) is 10.6. The van der Waals surface area contributed by atoms with E-state index in [1.54, 1.807) is 14.2 Å². The number of rotatable bonds is 9. The fourth-order valence-corrected chi connectivity index (χ4v) is 3.91. The maximum absolute atomic E-state index is 13.0. The third-order valence-corrected chi connectivity index (χ3v) is 5.71. The molecule has 0 aliphatic carbocycles. The summed E-state index contributed by atoms with van der Waals surface area (Å²) >= 11 is 0. The number of carbonyl (C=O) groups excluding carboxylic acids is 1. The zero-order valence-corrected chi connectivity index (χ0v) is 19.2. The number of hydrogen-bond acceptors (Lipinski definition) is 6. The van der Waals surface area contributed by atoms with Gasteiger partial charge < -0.3 is 25.1 Å². The van der Waals surface area contributed by atoms with Gasteiger partial charge in [0.05, 0.1) is 25.3 Å². The van der Waals surface area contributed by atoms with Crippen LogP contribution in [-0.4, -0.2) is 41.2 Å². The molecule has 172 valence electrons. The van der Waals surface area contributed by atoms with Crippen molar-refractivity contribution >= 4 is 33.9 Å². The van der Waals surface area contributed by atoms with Gasteiger partial charge in [-0.2, -0.15) is 0 Å². The molecular formula is C25H29N5O3. The zero-order valence-electron chi connectivity index (χ0n) is 19.2. The minimum atomic E-state index is -0.222. The zero-order chi connectivity index (χ0) is 23.4. The number of fused-ring (bicyclic) bond motifs is 2. The number of nitrogens with two attached hydrogens (primary N) is 1. The smallest absolute Gasteiger partial charge is 0.257 e. The largest absolute Gasteiger partial charge is 0.493 e. The highest BCUT2D eigenvalue weighted by molar-refractivity contribution is 6.10. The van der Waals surface area contributed by atoms with Crippen molar-refractivity contribution < 1.29 is 14.3 Å². The van der Waals surface area contributed by atoms with E-state index in [0.29, 0.717) is 53.6 Å². The van der Waals surface area contributed by atoms with Gasteiger partial charge in [0, 0.05) is 13.1 Å². The van der Waals surface area contributed by atoms with Gasteiger partial charge in [-0.25, -0.2) is 9.97 Å². The van der Waals surface area contributed by atoms with E-state index in [2.05, 4.69) is 12.2 Å². The van der Waals surface area contributed by atoms with E-state index < -0.39 is 0 Å². The highest BCUT2D eigenvalue weighted by Crippen LogP contribution is 2.30. The van der Waals surface area contributed by atoms with Crippen LogP contribution in [-0.2, 0) is 13.0 Å². The van der Waals surface area contributed by atoms with E-state index in [0.717, 1.165) is 29.4 Å². The van der Waals surface area contributed by atoms with Gasteiger partial charge >= 0.3 is 0 Å². The normalized spacial score (nSPS) is 11.1. The van der Waals surface area contributed by atoms with Crippen LogP contribution in [0, 0.1) is 0 Å². The number of aryl methyl sites for hydroxylation is 2. The average Bonchev–Trinajstić information content (AvgIpc) is 3.11. The maximum atomic E-state index is 13.0. The van der Waals surface area contributed by atoms with Crippen LogP contribution in [0.1, 0.15) is 35.7 Å². The molecule has 2 aromatic heterocycles. The molecule has 0 radical (unpaired) electrons. The van der Waals surface area contributed by atoms with Gasteiger partial charge in [0.25, 0.3) is 5.91 Å². The number of nitrogen functional groups attached to an aromatic ring is 1. The number of methoxy groups -OCH3 is 2. The Balaban J connectivity index is 1.74. The summed E-state index contributed by atoms with van der Waals surface area (Å²) in [6, 6.07) is 13.4. The molecule has 2 aromatic carbocycles. The molecule has 0 saturated carbocycles. The molecule has 0 spiro atoms. The van der Waals surface area contributed by atoms with E-state index in [1.807, 2.05) is 47.0 Å². The van der Waals surface area contributed by atoms with Crippen molar-refractivity contribution in [3.05, 3.63) is 53.6 Å². The number of nitrogens with one attached hydrogen (secondary N) is 1. The predicted octanol–water partition coefficient (Wildman–Crippen LogP) is 3.96. The van der Waals surface area contributed by atoms with Crippen LogP contribution in [0.5, 0.6) is 11.5 Å². The SMILES string of the molecule is CCCCNC(=O)c1c(N)n(CCc2ccc(OC)c(OC)c2)c2nc3ccccc3nc12. The molecule has 0 aliphatic heterocycles.